The van der Waals surface area contributed by atoms with Crippen LogP contribution in [-0.2, 0) is 14.6 Å². The lowest BCUT2D eigenvalue weighted by Gasteiger charge is -2.24. The third-order valence-corrected chi connectivity index (χ3v) is 8.27. The Morgan fingerprint density at radius 1 is 1.46 bits per heavy atom. The lowest BCUT2D eigenvalue weighted by Crippen LogP contribution is -2.37. The van der Waals surface area contributed by atoms with Crippen LogP contribution in [0.4, 0.5) is 5.69 Å². The molecule has 3 rings (SSSR count). The minimum absolute atomic E-state index is 0.0589. The molecule has 0 radical (unpaired) electrons. The zero-order chi connectivity index (χ0) is 17.5. The Hall–Kier alpha value is -0.610. The molecule has 0 aliphatic carbocycles. The summed E-state index contributed by atoms with van der Waals surface area (Å²) in [5.74, 6) is 0.00454. The molecule has 2 heterocycles. The van der Waals surface area contributed by atoms with Crippen molar-refractivity contribution in [1.29, 1.82) is 0 Å². The van der Waals surface area contributed by atoms with E-state index in [0.29, 0.717) is 5.17 Å². The molecule has 2 aliphatic heterocycles. The highest BCUT2D eigenvalue weighted by molar-refractivity contribution is 14.1. The van der Waals surface area contributed by atoms with Crippen LogP contribution in [0.5, 0.6) is 0 Å². The van der Waals surface area contributed by atoms with Crippen molar-refractivity contribution in [3.63, 3.8) is 0 Å². The molecule has 0 saturated carbocycles. The van der Waals surface area contributed by atoms with Crippen LogP contribution in [0.1, 0.15) is 20.3 Å². The molecule has 0 spiro atoms. The molecule has 130 valence electrons. The van der Waals surface area contributed by atoms with Gasteiger partial charge in [0, 0.05) is 20.4 Å². The van der Waals surface area contributed by atoms with Gasteiger partial charge in [0.1, 0.15) is 0 Å². The van der Waals surface area contributed by atoms with Crippen molar-refractivity contribution in [2.75, 3.05) is 16.4 Å². The number of benzene rings is 1. The van der Waals surface area contributed by atoms with Gasteiger partial charge >= 0.3 is 0 Å². The Labute approximate surface area is 160 Å². The summed E-state index contributed by atoms with van der Waals surface area (Å²) in [6, 6.07) is 7.71. The average Bonchev–Trinajstić information content (AvgIpc) is 2.97. The van der Waals surface area contributed by atoms with Crippen molar-refractivity contribution in [3.05, 3.63) is 27.8 Å². The lowest BCUT2D eigenvalue weighted by molar-refractivity contribution is -0.121. The zero-order valence-corrected chi connectivity index (χ0v) is 17.3. The van der Waals surface area contributed by atoms with E-state index in [-0.39, 0.29) is 34.6 Å². The van der Waals surface area contributed by atoms with Gasteiger partial charge < -0.3 is 4.90 Å². The van der Waals surface area contributed by atoms with Crippen LogP contribution in [0.3, 0.4) is 0 Å². The van der Waals surface area contributed by atoms with Crippen molar-refractivity contribution in [1.82, 2.24) is 0 Å². The number of nitrogens with zero attached hydrogens (tertiary/aromatic N) is 2. The van der Waals surface area contributed by atoms with Gasteiger partial charge in [-0.25, -0.2) is 8.42 Å². The first-order valence-electron chi connectivity index (χ1n) is 7.85. The van der Waals surface area contributed by atoms with E-state index in [4.69, 9.17) is 0 Å². The summed E-state index contributed by atoms with van der Waals surface area (Å²) in [5.41, 5.74) is 0.898. The van der Waals surface area contributed by atoms with E-state index >= 15 is 0 Å². The fourth-order valence-corrected chi connectivity index (χ4v) is 7.32. The molecule has 2 aliphatic rings. The van der Waals surface area contributed by atoms with E-state index in [1.54, 1.807) is 0 Å². The SMILES string of the molecule is CCC(C)C(=O)N=C1SC2CS(=O)(=O)CC2N1c1cccc(I)c1. The van der Waals surface area contributed by atoms with Crippen LogP contribution in [0.15, 0.2) is 29.3 Å². The highest BCUT2D eigenvalue weighted by atomic mass is 127. The van der Waals surface area contributed by atoms with Crippen LogP contribution in [0.25, 0.3) is 0 Å². The summed E-state index contributed by atoms with van der Waals surface area (Å²) >= 11 is 3.65. The second-order valence-electron chi connectivity index (χ2n) is 6.19. The van der Waals surface area contributed by atoms with Gasteiger partial charge in [0.2, 0.25) is 0 Å². The number of anilines is 1. The van der Waals surface area contributed by atoms with Crippen LogP contribution in [0.2, 0.25) is 0 Å². The molecule has 2 saturated heterocycles. The second kappa shape index (κ2) is 6.95. The average molecular weight is 478 g/mol. The molecule has 0 aromatic heterocycles. The number of amidine groups is 1. The minimum atomic E-state index is -3.03. The summed E-state index contributed by atoms with van der Waals surface area (Å²) in [7, 11) is -3.03. The van der Waals surface area contributed by atoms with Crippen LogP contribution in [0, 0.1) is 9.49 Å². The van der Waals surface area contributed by atoms with Crippen molar-refractivity contribution in [2.45, 2.75) is 31.6 Å². The summed E-state index contributed by atoms with van der Waals surface area (Å²) < 4.78 is 25.1. The van der Waals surface area contributed by atoms with Crippen LogP contribution < -0.4 is 4.90 Å². The molecule has 2 fully saturated rings. The number of hydrogen-bond acceptors (Lipinski definition) is 4. The standard InChI is InChI=1S/C16H19IN2O3S2/c1-3-10(2)15(20)18-16-19(12-6-4-5-11(17)7-12)13-8-24(21,22)9-14(13)23-16/h4-7,10,13-14H,3,8-9H2,1-2H3. The maximum atomic E-state index is 12.3. The summed E-state index contributed by atoms with van der Waals surface area (Å²) in [6.45, 7) is 3.83. The molecule has 1 amide bonds. The van der Waals surface area contributed by atoms with Gasteiger partial charge in [0.15, 0.2) is 15.0 Å². The summed E-state index contributed by atoms with van der Waals surface area (Å²) in [4.78, 5) is 18.6. The van der Waals surface area contributed by atoms with Gasteiger partial charge in [-0.05, 0) is 47.2 Å². The van der Waals surface area contributed by atoms with Gasteiger partial charge in [-0.2, -0.15) is 4.99 Å². The normalized spacial score (nSPS) is 28.1. The molecule has 8 heteroatoms. The summed E-state index contributed by atoms with van der Waals surface area (Å²) in [5, 5.41) is 0.573. The molecule has 1 aromatic carbocycles. The van der Waals surface area contributed by atoms with Crippen LogP contribution >= 0.6 is 34.4 Å². The molecular formula is C16H19IN2O3S2. The maximum Gasteiger partial charge on any atom is 0.250 e. The third-order valence-electron chi connectivity index (χ3n) is 4.39. The smallest absolute Gasteiger partial charge is 0.250 e. The predicted molar refractivity (Wildman–Crippen MR) is 107 cm³/mol. The lowest BCUT2D eigenvalue weighted by atomic mass is 10.1. The highest BCUT2D eigenvalue weighted by Gasteiger charge is 2.49. The largest absolute Gasteiger partial charge is 0.316 e. The number of aliphatic imine (C=N–C) groups is 1. The monoisotopic (exact) mass is 478 g/mol. The molecule has 0 bridgehead atoms. The summed E-state index contributed by atoms with van der Waals surface area (Å²) in [6.07, 6.45) is 0.741. The van der Waals surface area contributed by atoms with E-state index in [0.717, 1.165) is 15.7 Å². The number of thioether (sulfide) groups is 1. The highest BCUT2D eigenvalue weighted by Crippen LogP contribution is 2.41. The van der Waals surface area contributed by atoms with Crippen molar-refractivity contribution < 1.29 is 13.2 Å². The Morgan fingerprint density at radius 3 is 2.88 bits per heavy atom. The van der Waals surface area contributed by atoms with E-state index in [2.05, 4.69) is 27.6 Å². The number of hydrogen-bond donors (Lipinski definition) is 0. The predicted octanol–water partition coefficient (Wildman–Crippen LogP) is 2.94. The fraction of sp³-hybridized carbons (Fsp3) is 0.500. The van der Waals surface area contributed by atoms with E-state index in [9.17, 15) is 13.2 Å². The minimum Gasteiger partial charge on any atom is -0.316 e. The van der Waals surface area contributed by atoms with Gasteiger partial charge in [-0.15, -0.1) is 0 Å². The van der Waals surface area contributed by atoms with Gasteiger partial charge in [-0.3, -0.25) is 4.79 Å². The Kier molecular flexibility index (Phi) is 5.27. The van der Waals surface area contributed by atoms with Crippen LogP contribution in [-0.4, -0.2) is 42.3 Å². The molecule has 3 atom stereocenters. The molecular weight excluding hydrogens is 459 g/mol. The Balaban J connectivity index is 2.00. The first-order chi connectivity index (χ1) is 11.3. The topological polar surface area (TPSA) is 66.8 Å². The number of halogens is 1. The number of amides is 1. The molecule has 0 N–H and O–H groups in total. The van der Waals surface area contributed by atoms with E-state index in [1.807, 2.05) is 43.0 Å². The van der Waals surface area contributed by atoms with Gasteiger partial charge in [0.25, 0.3) is 5.91 Å². The fourth-order valence-electron chi connectivity index (χ4n) is 2.87. The number of carbonyl (C=O) groups is 1. The Morgan fingerprint density at radius 2 is 2.21 bits per heavy atom. The first kappa shape index (κ1) is 18.2. The quantitative estimate of drug-likeness (QED) is 0.626. The number of rotatable bonds is 3. The number of sulfone groups is 1. The zero-order valence-electron chi connectivity index (χ0n) is 13.5. The second-order valence-corrected chi connectivity index (χ2v) is 10.8. The maximum absolute atomic E-state index is 12.3. The van der Waals surface area contributed by atoms with Crippen molar-refractivity contribution in [3.8, 4) is 0 Å². The van der Waals surface area contributed by atoms with E-state index < -0.39 is 9.84 Å². The molecule has 24 heavy (non-hydrogen) atoms. The number of fused-ring (bicyclic) bond motifs is 1. The molecule has 1 aromatic rings. The number of carbonyl (C=O) groups excluding carboxylic acids is 1. The first-order valence-corrected chi connectivity index (χ1v) is 11.6. The third kappa shape index (κ3) is 3.65. The van der Waals surface area contributed by atoms with Gasteiger partial charge in [0.05, 0.1) is 17.5 Å². The van der Waals surface area contributed by atoms with Crippen molar-refractivity contribution >= 4 is 61.0 Å². The van der Waals surface area contributed by atoms with Gasteiger partial charge in [-0.1, -0.05) is 31.7 Å². The molecule has 5 nitrogen and oxygen atoms in total. The molecule has 3 unspecified atom stereocenters. The van der Waals surface area contributed by atoms with E-state index in [1.165, 1.54) is 11.8 Å². The Bertz CT molecular complexity index is 794. The van der Waals surface area contributed by atoms with Crippen molar-refractivity contribution in [2.24, 2.45) is 10.9 Å².